The lowest BCUT2D eigenvalue weighted by Crippen LogP contribution is -2.35. The molecule has 0 bridgehead atoms. The van der Waals surface area contributed by atoms with Gasteiger partial charge in [0.2, 0.25) is 5.95 Å². The van der Waals surface area contributed by atoms with Crippen LogP contribution in [-0.2, 0) is 15.8 Å². The second-order valence-corrected chi connectivity index (χ2v) is 6.80. The molecule has 3 heterocycles. The monoisotopic (exact) mass is 308 g/mol. The first-order valence-corrected chi connectivity index (χ1v) is 7.06. The number of carbonyl (C=O) groups is 2. The van der Waals surface area contributed by atoms with Gasteiger partial charge in [0.1, 0.15) is 5.56 Å². The van der Waals surface area contributed by atoms with Gasteiger partial charge in [-0.05, 0) is 11.0 Å². The van der Waals surface area contributed by atoms with Gasteiger partial charge in [-0.15, -0.1) is 0 Å². The SMILES string of the molecule is CC(C)(C)c1cnc(F)c2c1C1(CCN(C(=O)O)C1)OC2=O. The number of hydrogen-bond donors (Lipinski definition) is 1. The van der Waals surface area contributed by atoms with Crippen molar-refractivity contribution in [1.29, 1.82) is 0 Å². The van der Waals surface area contributed by atoms with E-state index in [1.165, 1.54) is 11.1 Å². The van der Waals surface area contributed by atoms with E-state index in [4.69, 9.17) is 9.84 Å². The van der Waals surface area contributed by atoms with E-state index in [0.29, 0.717) is 17.5 Å². The number of aromatic nitrogens is 1. The Bertz CT molecular complexity index is 683. The number of hydrogen-bond acceptors (Lipinski definition) is 4. The maximum atomic E-state index is 14.1. The van der Waals surface area contributed by atoms with Crippen molar-refractivity contribution in [3.8, 4) is 0 Å². The van der Waals surface area contributed by atoms with Gasteiger partial charge in [-0.1, -0.05) is 20.8 Å². The summed E-state index contributed by atoms with van der Waals surface area (Å²) in [5, 5.41) is 9.15. The van der Waals surface area contributed by atoms with Gasteiger partial charge < -0.3 is 14.7 Å². The van der Waals surface area contributed by atoms with Crippen LogP contribution in [-0.4, -0.2) is 40.1 Å². The van der Waals surface area contributed by atoms with E-state index in [1.807, 2.05) is 20.8 Å². The number of amides is 1. The molecule has 0 radical (unpaired) electrons. The van der Waals surface area contributed by atoms with Gasteiger partial charge in [-0.2, -0.15) is 4.39 Å². The fourth-order valence-electron chi connectivity index (χ4n) is 3.23. The Morgan fingerprint density at radius 1 is 1.50 bits per heavy atom. The van der Waals surface area contributed by atoms with Crippen LogP contribution in [0.4, 0.5) is 9.18 Å². The highest BCUT2D eigenvalue weighted by Gasteiger charge is 2.54. The highest BCUT2D eigenvalue weighted by molar-refractivity contribution is 5.95. The Morgan fingerprint density at radius 2 is 2.18 bits per heavy atom. The summed E-state index contributed by atoms with van der Waals surface area (Å²) in [6.45, 7) is 6.07. The number of nitrogens with zero attached hydrogens (tertiary/aromatic N) is 2. The molecule has 0 saturated carbocycles. The Balaban J connectivity index is 2.21. The molecule has 22 heavy (non-hydrogen) atoms. The van der Waals surface area contributed by atoms with Gasteiger partial charge in [0, 0.05) is 24.7 Å². The minimum absolute atomic E-state index is 0.0214. The summed E-state index contributed by atoms with van der Waals surface area (Å²) in [5.41, 5.74) is -0.456. The Kier molecular flexibility index (Phi) is 2.95. The van der Waals surface area contributed by atoms with Gasteiger partial charge >= 0.3 is 12.1 Å². The minimum Gasteiger partial charge on any atom is -0.465 e. The number of carboxylic acid groups (broad SMARTS) is 1. The normalized spacial score (nSPS) is 23.8. The van der Waals surface area contributed by atoms with Crippen LogP contribution in [0, 0.1) is 5.95 Å². The predicted molar refractivity (Wildman–Crippen MR) is 74.2 cm³/mol. The summed E-state index contributed by atoms with van der Waals surface area (Å²) in [5.74, 6) is -1.63. The zero-order chi connectivity index (χ0) is 16.3. The highest BCUT2D eigenvalue weighted by Crippen LogP contribution is 2.47. The molecule has 1 spiro atoms. The zero-order valence-electron chi connectivity index (χ0n) is 12.6. The molecule has 1 unspecified atom stereocenters. The van der Waals surface area contributed by atoms with Gasteiger partial charge in [-0.25, -0.2) is 14.6 Å². The van der Waals surface area contributed by atoms with Crippen molar-refractivity contribution in [2.24, 2.45) is 0 Å². The van der Waals surface area contributed by atoms with E-state index in [0.717, 1.165) is 0 Å². The third-order valence-corrected chi connectivity index (χ3v) is 4.29. The molecule has 118 valence electrons. The molecule has 1 N–H and O–H groups in total. The molecular formula is C15H17FN2O4. The molecular weight excluding hydrogens is 291 g/mol. The molecule has 1 aromatic rings. The molecule has 6 nitrogen and oxygen atoms in total. The van der Waals surface area contributed by atoms with Gasteiger partial charge in [0.15, 0.2) is 5.60 Å². The number of halogens is 1. The fourth-order valence-corrected chi connectivity index (χ4v) is 3.23. The number of carbonyl (C=O) groups excluding carboxylic acids is 1. The van der Waals surface area contributed by atoms with Gasteiger partial charge in [0.25, 0.3) is 0 Å². The maximum Gasteiger partial charge on any atom is 0.407 e. The smallest absolute Gasteiger partial charge is 0.407 e. The third kappa shape index (κ3) is 1.95. The molecule has 1 atom stereocenters. The lowest BCUT2D eigenvalue weighted by Gasteiger charge is -2.29. The lowest BCUT2D eigenvalue weighted by molar-refractivity contribution is -0.00352. The fraction of sp³-hybridized carbons (Fsp3) is 0.533. The van der Waals surface area contributed by atoms with Crippen LogP contribution in [0.2, 0.25) is 0 Å². The van der Waals surface area contributed by atoms with E-state index < -0.39 is 23.6 Å². The van der Waals surface area contributed by atoms with Crippen molar-refractivity contribution >= 4 is 12.1 Å². The number of ether oxygens (including phenoxy) is 1. The van der Waals surface area contributed by atoms with Gasteiger partial charge in [-0.3, -0.25) is 0 Å². The molecule has 0 aromatic carbocycles. The van der Waals surface area contributed by atoms with Crippen molar-refractivity contribution in [3.63, 3.8) is 0 Å². The first-order chi connectivity index (χ1) is 10.2. The van der Waals surface area contributed by atoms with E-state index in [-0.39, 0.29) is 24.1 Å². The Labute approximate surface area is 126 Å². The molecule has 1 saturated heterocycles. The first kappa shape index (κ1) is 14.7. The largest absolute Gasteiger partial charge is 0.465 e. The summed E-state index contributed by atoms with van der Waals surface area (Å²) in [4.78, 5) is 28.2. The Morgan fingerprint density at radius 3 is 2.73 bits per heavy atom. The van der Waals surface area contributed by atoms with Crippen LogP contribution in [0.3, 0.4) is 0 Å². The van der Waals surface area contributed by atoms with Crippen molar-refractivity contribution in [1.82, 2.24) is 9.88 Å². The minimum atomic E-state index is -1.10. The van der Waals surface area contributed by atoms with Crippen LogP contribution in [0.1, 0.15) is 48.7 Å². The molecule has 0 aliphatic carbocycles. The average molecular weight is 308 g/mol. The van der Waals surface area contributed by atoms with Crippen LogP contribution in [0.25, 0.3) is 0 Å². The molecule has 1 aromatic heterocycles. The number of pyridine rings is 1. The maximum absolute atomic E-state index is 14.1. The Hall–Kier alpha value is -2.18. The first-order valence-electron chi connectivity index (χ1n) is 7.06. The zero-order valence-corrected chi connectivity index (χ0v) is 12.6. The summed E-state index contributed by atoms with van der Waals surface area (Å²) in [6.07, 6.45) is 0.666. The predicted octanol–water partition coefficient (Wildman–Crippen LogP) is 2.27. The van der Waals surface area contributed by atoms with Crippen LogP contribution >= 0.6 is 0 Å². The standard InChI is InChI=1S/C15H17FN2O4/c1-14(2,3)8-6-17-11(16)9-10(8)15(22-12(9)19)4-5-18(7-15)13(20)21/h6H,4-5,7H2,1-3H3,(H,20,21). The van der Waals surface area contributed by atoms with Crippen LogP contribution in [0.15, 0.2) is 6.20 Å². The summed E-state index contributed by atoms with van der Waals surface area (Å²) in [7, 11) is 0. The van der Waals surface area contributed by atoms with Crippen LogP contribution in [0.5, 0.6) is 0 Å². The van der Waals surface area contributed by atoms with Crippen molar-refractivity contribution < 1.29 is 23.8 Å². The number of esters is 1. The molecule has 2 aliphatic rings. The molecule has 3 rings (SSSR count). The number of fused-ring (bicyclic) bond motifs is 2. The van der Waals surface area contributed by atoms with Crippen molar-refractivity contribution in [3.05, 3.63) is 28.8 Å². The molecule has 2 aliphatic heterocycles. The lowest BCUT2D eigenvalue weighted by atomic mass is 9.78. The van der Waals surface area contributed by atoms with Gasteiger partial charge in [0.05, 0.1) is 6.54 Å². The summed E-state index contributed by atoms with van der Waals surface area (Å²) in [6, 6.07) is 0. The topological polar surface area (TPSA) is 79.7 Å². The van der Waals surface area contributed by atoms with Crippen molar-refractivity contribution in [2.45, 2.75) is 38.2 Å². The second kappa shape index (κ2) is 4.41. The third-order valence-electron chi connectivity index (χ3n) is 4.29. The van der Waals surface area contributed by atoms with E-state index in [9.17, 15) is 14.0 Å². The number of likely N-dealkylation sites (tertiary alicyclic amines) is 1. The summed E-state index contributed by atoms with van der Waals surface area (Å²) < 4.78 is 19.5. The van der Waals surface area contributed by atoms with Crippen LogP contribution < -0.4 is 0 Å². The average Bonchev–Trinajstić information content (AvgIpc) is 2.93. The molecule has 7 heteroatoms. The van der Waals surface area contributed by atoms with E-state index >= 15 is 0 Å². The number of rotatable bonds is 0. The van der Waals surface area contributed by atoms with E-state index in [1.54, 1.807) is 0 Å². The van der Waals surface area contributed by atoms with Crippen molar-refractivity contribution in [2.75, 3.05) is 13.1 Å². The van der Waals surface area contributed by atoms with E-state index in [2.05, 4.69) is 4.98 Å². The summed E-state index contributed by atoms with van der Waals surface area (Å²) >= 11 is 0. The molecule has 1 fully saturated rings. The highest BCUT2D eigenvalue weighted by atomic mass is 19.1. The molecule has 1 amide bonds. The quantitative estimate of drug-likeness (QED) is 0.587. The second-order valence-electron chi connectivity index (χ2n) is 6.80.